The van der Waals surface area contributed by atoms with Gasteiger partial charge in [0.15, 0.2) is 0 Å². The Hall–Kier alpha value is -3.79. The minimum absolute atomic E-state index is 0.129. The Labute approximate surface area is 201 Å². The third-order valence-electron chi connectivity index (χ3n) is 6.81. The molecule has 0 bridgehead atoms. The van der Waals surface area contributed by atoms with Crippen molar-refractivity contribution >= 4 is 34.5 Å². The minimum atomic E-state index is -1.41. The van der Waals surface area contributed by atoms with Gasteiger partial charge < -0.3 is 25.4 Å². The van der Waals surface area contributed by atoms with Crippen molar-refractivity contribution in [1.82, 2.24) is 20.5 Å². The van der Waals surface area contributed by atoms with Crippen LogP contribution in [-0.4, -0.2) is 69.1 Å². The SMILES string of the molecule is O=C1CC(NC(=O)[C@@H]2CC[C@H]3CC=CC[C@H](NC(=O)c4nccc5ccccc45)C(=O)N32)C(O)O1. The maximum absolute atomic E-state index is 13.6. The van der Waals surface area contributed by atoms with Gasteiger partial charge in [-0.05, 0) is 37.1 Å². The molecule has 0 saturated carbocycles. The van der Waals surface area contributed by atoms with E-state index in [-0.39, 0.29) is 30.5 Å². The summed E-state index contributed by atoms with van der Waals surface area (Å²) in [5.74, 6) is -1.85. The zero-order chi connectivity index (χ0) is 24.5. The van der Waals surface area contributed by atoms with Crippen molar-refractivity contribution in [3.8, 4) is 0 Å². The molecule has 3 N–H and O–H groups in total. The summed E-state index contributed by atoms with van der Waals surface area (Å²) >= 11 is 0. The second kappa shape index (κ2) is 9.46. The van der Waals surface area contributed by atoms with E-state index in [0.29, 0.717) is 24.6 Å². The Kier molecular flexibility index (Phi) is 6.21. The quantitative estimate of drug-likeness (QED) is 0.436. The fourth-order valence-corrected chi connectivity index (χ4v) is 5.07. The summed E-state index contributed by atoms with van der Waals surface area (Å²) in [6, 6.07) is 6.53. The molecular formula is C25H26N4O6. The number of carbonyl (C=O) groups is 4. The van der Waals surface area contributed by atoms with E-state index in [2.05, 4.69) is 15.6 Å². The van der Waals surface area contributed by atoms with Crippen LogP contribution in [0.25, 0.3) is 10.8 Å². The van der Waals surface area contributed by atoms with Crippen LogP contribution in [0.5, 0.6) is 0 Å². The highest BCUT2D eigenvalue weighted by Crippen LogP contribution is 2.30. The molecule has 5 atom stereocenters. The van der Waals surface area contributed by atoms with E-state index < -0.39 is 42.2 Å². The number of pyridine rings is 1. The Morgan fingerprint density at radius 2 is 1.86 bits per heavy atom. The van der Waals surface area contributed by atoms with Gasteiger partial charge in [-0.2, -0.15) is 0 Å². The van der Waals surface area contributed by atoms with Crippen molar-refractivity contribution in [2.75, 3.05) is 0 Å². The molecule has 35 heavy (non-hydrogen) atoms. The first-order chi connectivity index (χ1) is 16.9. The second-order valence-electron chi connectivity index (χ2n) is 9.04. The number of nitrogens with one attached hydrogen (secondary N) is 2. The molecule has 2 saturated heterocycles. The topological polar surface area (TPSA) is 138 Å². The molecule has 0 aliphatic carbocycles. The van der Waals surface area contributed by atoms with E-state index in [0.717, 1.165) is 5.39 Å². The molecule has 2 unspecified atom stereocenters. The molecule has 1 aromatic carbocycles. The van der Waals surface area contributed by atoms with Crippen LogP contribution in [-0.2, 0) is 19.1 Å². The van der Waals surface area contributed by atoms with E-state index in [4.69, 9.17) is 4.74 Å². The summed E-state index contributed by atoms with van der Waals surface area (Å²) in [4.78, 5) is 57.0. The van der Waals surface area contributed by atoms with Gasteiger partial charge in [0.1, 0.15) is 23.8 Å². The molecule has 1 aromatic heterocycles. The van der Waals surface area contributed by atoms with Crippen LogP contribution in [0.15, 0.2) is 48.7 Å². The van der Waals surface area contributed by atoms with Crippen LogP contribution in [0.1, 0.15) is 42.6 Å². The highest BCUT2D eigenvalue weighted by atomic mass is 16.6. The number of nitrogens with zero attached hydrogens (tertiary/aromatic N) is 2. The number of aromatic nitrogens is 1. The van der Waals surface area contributed by atoms with Crippen molar-refractivity contribution in [3.05, 3.63) is 54.4 Å². The summed E-state index contributed by atoms with van der Waals surface area (Å²) < 4.78 is 4.69. The largest absolute Gasteiger partial charge is 0.434 e. The van der Waals surface area contributed by atoms with Gasteiger partial charge in [-0.1, -0.05) is 36.4 Å². The molecular weight excluding hydrogens is 452 g/mol. The van der Waals surface area contributed by atoms with Gasteiger partial charge in [0, 0.05) is 17.6 Å². The summed E-state index contributed by atoms with van der Waals surface area (Å²) in [6.45, 7) is 0. The lowest BCUT2D eigenvalue weighted by molar-refractivity contribution is -0.155. The maximum atomic E-state index is 13.6. The number of ether oxygens (including phenoxy) is 1. The molecule has 4 heterocycles. The first-order valence-electron chi connectivity index (χ1n) is 11.7. The highest BCUT2D eigenvalue weighted by Gasteiger charge is 2.45. The van der Waals surface area contributed by atoms with Gasteiger partial charge >= 0.3 is 5.97 Å². The Balaban J connectivity index is 1.35. The van der Waals surface area contributed by atoms with E-state index in [1.807, 2.05) is 36.4 Å². The molecule has 10 heteroatoms. The molecule has 3 aliphatic rings. The fourth-order valence-electron chi connectivity index (χ4n) is 5.07. The maximum Gasteiger partial charge on any atom is 0.310 e. The van der Waals surface area contributed by atoms with E-state index >= 15 is 0 Å². The minimum Gasteiger partial charge on any atom is -0.434 e. The Morgan fingerprint density at radius 1 is 1.06 bits per heavy atom. The highest BCUT2D eigenvalue weighted by molar-refractivity contribution is 6.06. The lowest BCUT2D eigenvalue weighted by Gasteiger charge is -2.34. The number of hydrogen-bond donors (Lipinski definition) is 3. The normalized spacial score (nSPS) is 28.3. The van der Waals surface area contributed by atoms with E-state index in [1.165, 1.54) is 0 Å². The standard InChI is InChI=1S/C25H26N4O6/c30-20-13-18(25(34)35-20)28-22(31)19-10-9-15-6-2-4-8-17(24(33)29(15)19)27-23(32)21-16-7-3-1-5-14(16)11-12-26-21/h1-5,7,11-12,15,17-19,25,34H,6,8-10,13H2,(H,27,32)(H,28,31)/t15-,17+,18?,19+,25?/m1/s1. The number of carbonyl (C=O) groups excluding carboxylic acids is 4. The van der Waals surface area contributed by atoms with Gasteiger partial charge in [-0.3, -0.25) is 24.2 Å². The first-order valence-corrected chi connectivity index (χ1v) is 11.7. The van der Waals surface area contributed by atoms with Gasteiger partial charge in [0.2, 0.25) is 18.1 Å². The number of cyclic esters (lactones) is 1. The van der Waals surface area contributed by atoms with Crippen LogP contribution in [0.3, 0.4) is 0 Å². The average molecular weight is 479 g/mol. The number of rotatable bonds is 4. The van der Waals surface area contributed by atoms with Crippen LogP contribution < -0.4 is 10.6 Å². The summed E-state index contributed by atoms with van der Waals surface area (Å²) in [5.41, 5.74) is 0.231. The average Bonchev–Trinajstić information content (AvgIpc) is 3.40. The molecule has 5 rings (SSSR count). The lowest BCUT2D eigenvalue weighted by atomic mass is 10.0. The van der Waals surface area contributed by atoms with Crippen LogP contribution in [0.4, 0.5) is 0 Å². The molecule has 0 radical (unpaired) electrons. The zero-order valence-electron chi connectivity index (χ0n) is 18.9. The zero-order valence-corrected chi connectivity index (χ0v) is 18.9. The number of benzene rings is 1. The molecule has 2 fully saturated rings. The van der Waals surface area contributed by atoms with Crippen LogP contribution in [0, 0.1) is 0 Å². The molecule has 3 aliphatic heterocycles. The van der Waals surface area contributed by atoms with Crippen LogP contribution >= 0.6 is 0 Å². The van der Waals surface area contributed by atoms with E-state index in [1.54, 1.807) is 17.2 Å². The van der Waals surface area contributed by atoms with Gasteiger partial charge in [0.25, 0.3) is 5.91 Å². The van der Waals surface area contributed by atoms with Gasteiger partial charge in [-0.25, -0.2) is 0 Å². The predicted octanol–water partition coefficient (Wildman–Crippen LogP) is 0.793. The predicted molar refractivity (Wildman–Crippen MR) is 124 cm³/mol. The van der Waals surface area contributed by atoms with Crippen molar-refractivity contribution in [2.24, 2.45) is 0 Å². The molecule has 182 valence electrons. The number of aliphatic hydroxyl groups excluding tert-OH is 1. The van der Waals surface area contributed by atoms with Crippen molar-refractivity contribution in [2.45, 2.75) is 62.6 Å². The molecule has 3 amide bonds. The Bertz CT molecular complexity index is 1210. The van der Waals surface area contributed by atoms with Gasteiger partial charge in [0.05, 0.1) is 6.42 Å². The second-order valence-corrected chi connectivity index (χ2v) is 9.04. The van der Waals surface area contributed by atoms with Crippen LogP contribution in [0.2, 0.25) is 0 Å². The molecule has 2 aromatic rings. The van der Waals surface area contributed by atoms with Crippen molar-refractivity contribution < 1.29 is 29.0 Å². The summed E-state index contributed by atoms with van der Waals surface area (Å²) in [7, 11) is 0. The first kappa shape index (κ1) is 23.0. The number of fused-ring (bicyclic) bond motifs is 2. The number of aliphatic hydroxyl groups is 1. The smallest absolute Gasteiger partial charge is 0.310 e. The fraction of sp³-hybridized carbons (Fsp3) is 0.400. The molecule has 0 spiro atoms. The molecule has 10 nitrogen and oxygen atoms in total. The van der Waals surface area contributed by atoms with Crippen molar-refractivity contribution in [3.63, 3.8) is 0 Å². The van der Waals surface area contributed by atoms with Crippen molar-refractivity contribution in [1.29, 1.82) is 0 Å². The third kappa shape index (κ3) is 4.49. The number of hydrogen-bond acceptors (Lipinski definition) is 7. The number of esters is 1. The number of amides is 3. The lowest BCUT2D eigenvalue weighted by Crippen LogP contribution is -2.57. The summed E-state index contributed by atoms with van der Waals surface area (Å²) in [5, 5.41) is 16.9. The summed E-state index contributed by atoms with van der Waals surface area (Å²) in [6.07, 6.45) is 5.83. The van der Waals surface area contributed by atoms with E-state index in [9.17, 15) is 24.3 Å². The van der Waals surface area contributed by atoms with Gasteiger partial charge in [-0.15, -0.1) is 0 Å². The monoisotopic (exact) mass is 478 g/mol. The Morgan fingerprint density at radius 3 is 2.66 bits per heavy atom. The third-order valence-corrected chi connectivity index (χ3v) is 6.81.